The van der Waals surface area contributed by atoms with E-state index >= 15 is 0 Å². The summed E-state index contributed by atoms with van der Waals surface area (Å²) in [6.45, 7) is 4.21. The fraction of sp³-hybridized carbons (Fsp3) is 0.615. The molecular weight excluding hydrogens is 246 g/mol. The predicted octanol–water partition coefficient (Wildman–Crippen LogP) is 2.68. The Morgan fingerprint density at radius 2 is 2.39 bits per heavy atom. The molecule has 18 heavy (non-hydrogen) atoms. The minimum absolute atomic E-state index is 0.575. The van der Waals surface area contributed by atoms with Crippen LogP contribution in [0, 0.1) is 5.41 Å². The van der Waals surface area contributed by atoms with Gasteiger partial charge in [-0.1, -0.05) is 6.92 Å². The molecule has 0 spiro atoms. The lowest BCUT2D eigenvalue weighted by molar-refractivity contribution is 0.388. The highest BCUT2D eigenvalue weighted by Crippen LogP contribution is 2.47. The summed E-state index contributed by atoms with van der Waals surface area (Å²) >= 11 is 1.64. The molecule has 1 saturated carbocycles. The summed E-state index contributed by atoms with van der Waals surface area (Å²) in [6, 6.07) is 0. The molecule has 5 heteroatoms. The monoisotopic (exact) mass is 265 g/mol. The first-order chi connectivity index (χ1) is 8.78. The standard InChI is InChI=1S/C13H19N3OS/c1-3-13(4-5-13)9-14-8-10-11(17-2)15-12-16(10)6-7-18-12/h6-7,14H,3-5,8-9H2,1-2H3. The van der Waals surface area contributed by atoms with E-state index in [1.807, 2.05) is 0 Å². The molecule has 0 saturated heterocycles. The number of imidazole rings is 1. The van der Waals surface area contributed by atoms with E-state index in [-0.39, 0.29) is 0 Å². The number of methoxy groups -OCH3 is 1. The average Bonchev–Trinajstić information content (AvgIpc) is 2.89. The van der Waals surface area contributed by atoms with Crippen LogP contribution in [0.4, 0.5) is 0 Å². The number of fused-ring (bicyclic) bond motifs is 1. The Morgan fingerprint density at radius 1 is 1.56 bits per heavy atom. The third-order valence-electron chi connectivity index (χ3n) is 4.02. The second kappa shape index (κ2) is 4.55. The number of rotatable bonds is 6. The molecule has 1 N–H and O–H groups in total. The zero-order valence-electron chi connectivity index (χ0n) is 10.9. The Balaban J connectivity index is 1.71. The van der Waals surface area contributed by atoms with Crippen molar-refractivity contribution < 1.29 is 4.74 Å². The van der Waals surface area contributed by atoms with Crippen molar-refractivity contribution in [1.29, 1.82) is 0 Å². The SMILES string of the molecule is CCC1(CNCc2c(OC)nc3sccn23)CC1. The zero-order chi connectivity index (χ0) is 12.6. The summed E-state index contributed by atoms with van der Waals surface area (Å²) in [4.78, 5) is 5.46. The number of nitrogens with zero attached hydrogens (tertiary/aromatic N) is 2. The van der Waals surface area contributed by atoms with Gasteiger partial charge in [-0.05, 0) is 24.7 Å². The normalized spacial score (nSPS) is 17.2. The van der Waals surface area contributed by atoms with E-state index in [9.17, 15) is 0 Å². The van der Waals surface area contributed by atoms with Gasteiger partial charge in [-0.25, -0.2) is 0 Å². The van der Waals surface area contributed by atoms with Gasteiger partial charge in [0.15, 0.2) is 4.96 Å². The van der Waals surface area contributed by atoms with Gasteiger partial charge in [0.25, 0.3) is 0 Å². The molecule has 0 unspecified atom stereocenters. The molecule has 1 aliphatic carbocycles. The van der Waals surface area contributed by atoms with E-state index in [1.54, 1.807) is 18.4 Å². The first-order valence-electron chi connectivity index (χ1n) is 6.47. The van der Waals surface area contributed by atoms with E-state index in [0.29, 0.717) is 5.41 Å². The van der Waals surface area contributed by atoms with Crippen LogP contribution in [0.5, 0.6) is 5.88 Å². The van der Waals surface area contributed by atoms with Crippen LogP contribution in [0.15, 0.2) is 11.6 Å². The van der Waals surface area contributed by atoms with Crippen LogP contribution in [0.2, 0.25) is 0 Å². The van der Waals surface area contributed by atoms with Crippen LogP contribution in [-0.4, -0.2) is 23.0 Å². The number of hydrogen-bond acceptors (Lipinski definition) is 4. The highest BCUT2D eigenvalue weighted by Gasteiger charge is 2.39. The third kappa shape index (κ3) is 2.01. The second-order valence-electron chi connectivity index (χ2n) is 5.08. The molecule has 2 aromatic rings. The van der Waals surface area contributed by atoms with Crippen molar-refractivity contribution in [3.63, 3.8) is 0 Å². The number of thiazole rings is 1. The lowest BCUT2D eigenvalue weighted by Gasteiger charge is -2.13. The van der Waals surface area contributed by atoms with Crippen LogP contribution in [0.1, 0.15) is 31.9 Å². The molecule has 4 nitrogen and oxygen atoms in total. The van der Waals surface area contributed by atoms with Gasteiger partial charge >= 0.3 is 0 Å². The summed E-state index contributed by atoms with van der Waals surface area (Å²) in [6.07, 6.45) is 6.07. The third-order valence-corrected chi connectivity index (χ3v) is 4.77. The Labute approximate surface area is 111 Å². The molecule has 2 aromatic heterocycles. The summed E-state index contributed by atoms with van der Waals surface area (Å²) in [5.74, 6) is 0.746. The van der Waals surface area contributed by atoms with Crippen molar-refractivity contribution in [2.75, 3.05) is 13.7 Å². The molecule has 0 bridgehead atoms. The van der Waals surface area contributed by atoms with Gasteiger partial charge in [0.05, 0.1) is 7.11 Å². The van der Waals surface area contributed by atoms with Crippen LogP contribution in [0.3, 0.4) is 0 Å². The highest BCUT2D eigenvalue weighted by atomic mass is 32.1. The molecule has 1 aliphatic rings. The van der Waals surface area contributed by atoms with Crippen molar-refractivity contribution >= 4 is 16.3 Å². The predicted molar refractivity (Wildman–Crippen MR) is 73.3 cm³/mol. The number of aromatic nitrogens is 2. The lowest BCUT2D eigenvalue weighted by atomic mass is 10.0. The second-order valence-corrected chi connectivity index (χ2v) is 5.95. The van der Waals surface area contributed by atoms with Crippen molar-refractivity contribution in [2.45, 2.75) is 32.7 Å². The summed E-state index contributed by atoms with van der Waals surface area (Å²) in [5, 5.41) is 5.62. The van der Waals surface area contributed by atoms with Gasteiger partial charge in [-0.2, -0.15) is 4.98 Å². The minimum Gasteiger partial charge on any atom is -0.480 e. The van der Waals surface area contributed by atoms with Crippen LogP contribution in [-0.2, 0) is 6.54 Å². The lowest BCUT2D eigenvalue weighted by Crippen LogP contribution is -2.23. The Bertz CT molecular complexity index is 541. The van der Waals surface area contributed by atoms with Crippen LogP contribution in [0.25, 0.3) is 4.96 Å². The van der Waals surface area contributed by atoms with E-state index in [2.05, 4.69) is 33.2 Å². The average molecular weight is 265 g/mol. The van der Waals surface area contributed by atoms with Crippen molar-refractivity contribution in [1.82, 2.24) is 14.7 Å². The maximum absolute atomic E-state index is 5.35. The molecule has 1 fully saturated rings. The molecule has 98 valence electrons. The minimum atomic E-state index is 0.575. The van der Waals surface area contributed by atoms with Gasteiger partial charge in [0.1, 0.15) is 5.69 Å². The molecular formula is C13H19N3OS. The van der Waals surface area contributed by atoms with Gasteiger partial charge < -0.3 is 10.1 Å². The quantitative estimate of drug-likeness (QED) is 0.872. The summed E-state index contributed by atoms with van der Waals surface area (Å²) in [7, 11) is 1.68. The Morgan fingerprint density at radius 3 is 3.06 bits per heavy atom. The van der Waals surface area contributed by atoms with E-state index < -0.39 is 0 Å². The number of nitrogens with one attached hydrogen (secondary N) is 1. The Hall–Kier alpha value is -1.07. The van der Waals surface area contributed by atoms with Crippen LogP contribution < -0.4 is 10.1 Å². The smallest absolute Gasteiger partial charge is 0.237 e. The molecule has 0 amide bonds. The molecule has 3 rings (SSSR count). The number of ether oxygens (including phenoxy) is 1. The molecule has 0 aliphatic heterocycles. The van der Waals surface area contributed by atoms with Crippen LogP contribution >= 0.6 is 11.3 Å². The molecule has 2 heterocycles. The van der Waals surface area contributed by atoms with Crippen molar-refractivity contribution in [3.05, 3.63) is 17.3 Å². The van der Waals surface area contributed by atoms with Gasteiger partial charge in [-0.15, -0.1) is 11.3 Å². The largest absolute Gasteiger partial charge is 0.480 e. The van der Waals surface area contributed by atoms with Gasteiger partial charge in [-0.3, -0.25) is 4.40 Å². The van der Waals surface area contributed by atoms with Crippen molar-refractivity contribution in [2.24, 2.45) is 5.41 Å². The maximum atomic E-state index is 5.35. The highest BCUT2D eigenvalue weighted by molar-refractivity contribution is 7.15. The fourth-order valence-electron chi connectivity index (χ4n) is 2.42. The van der Waals surface area contributed by atoms with E-state index in [4.69, 9.17) is 4.74 Å². The van der Waals surface area contributed by atoms with Crippen molar-refractivity contribution in [3.8, 4) is 5.88 Å². The maximum Gasteiger partial charge on any atom is 0.237 e. The topological polar surface area (TPSA) is 38.6 Å². The zero-order valence-corrected chi connectivity index (χ0v) is 11.7. The first kappa shape index (κ1) is 12.0. The summed E-state index contributed by atoms with van der Waals surface area (Å²) in [5.41, 5.74) is 1.70. The van der Waals surface area contributed by atoms with E-state index in [0.717, 1.165) is 29.6 Å². The Kier molecular flexibility index (Phi) is 3.03. The summed E-state index contributed by atoms with van der Waals surface area (Å²) < 4.78 is 7.46. The molecule has 0 atom stereocenters. The molecule has 0 aromatic carbocycles. The van der Waals surface area contributed by atoms with E-state index in [1.165, 1.54) is 19.3 Å². The molecule has 0 radical (unpaired) electrons. The number of hydrogen-bond donors (Lipinski definition) is 1. The fourth-order valence-corrected chi connectivity index (χ4v) is 3.14. The first-order valence-corrected chi connectivity index (χ1v) is 7.35. The van der Waals surface area contributed by atoms with Gasteiger partial charge in [0.2, 0.25) is 5.88 Å². The van der Waals surface area contributed by atoms with Gasteiger partial charge in [0, 0.05) is 24.7 Å².